The zero-order valence-electron chi connectivity index (χ0n) is 15.4. The van der Waals surface area contributed by atoms with Crippen molar-refractivity contribution in [2.24, 2.45) is 7.05 Å². The van der Waals surface area contributed by atoms with Gasteiger partial charge >= 0.3 is 0 Å². The van der Waals surface area contributed by atoms with Crippen LogP contribution in [-0.4, -0.2) is 36.9 Å². The molecule has 1 saturated heterocycles. The molecule has 4 aromatic rings. The molecule has 2 aromatic heterocycles. The second-order valence-electron chi connectivity index (χ2n) is 7.14. The number of aromatic nitrogens is 4. The van der Waals surface area contributed by atoms with Crippen LogP contribution in [0, 0.1) is 0 Å². The monoisotopic (exact) mass is 373 g/mol. The average molecular weight is 373 g/mol. The minimum absolute atomic E-state index is 0.0543. The SMILES string of the molecule is Cn1c(C2CCCN2C(=O)c2ccc3nc[nH]c3c2)nc2ccccc2c1=O. The predicted molar refractivity (Wildman–Crippen MR) is 106 cm³/mol. The summed E-state index contributed by atoms with van der Waals surface area (Å²) >= 11 is 0. The summed E-state index contributed by atoms with van der Waals surface area (Å²) in [6.07, 6.45) is 3.29. The average Bonchev–Trinajstić information content (AvgIpc) is 3.39. The van der Waals surface area contributed by atoms with Crippen LogP contribution >= 0.6 is 0 Å². The molecule has 1 atom stereocenters. The lowest BCUT2D eigenvalue weighted by Crippen LogP contribution is -2.34. The van der Waals surface area contributed by atoms with Crippen LogP contribution in [-0.2, 0) is 7.05 Å². The third kappa shape index (κ3) is 2.51. The lowest BCUT2D eigenvalue weighted by atomic mass is 10.1. The van der Waals surface area contributed by atoms with E-state index in [0.717, 1.165) is 23.9 Å². The zero-order chi connectivity index (χ0) is 19.3. The minimum atomic E-state index is -0.215. The van der Waals surface area contributed by atoms with Gasteiger partial charge in [0.05, 0.1) is 34.3 Å². The summed E-state index contributed by atoms with van der Waals surface area (Å²) in [5, 5.41) is 0.592. The molecule has 140 valence electrons. The van der Waals surface area contributed by atoms with E-state index in [4.69, 9.17) is 4.98 Å². The zero-order valence-corrected chi connectivity index (χ0v) is 15.4. The fourth-order valence-electron chi connectivity index (χ4n) is 4.05. The number of hydrogen-bond donors (Lipinski definition) is 1. The number of nitrogens with one attached hydrogen (secondary N) is 1. The van der Waals surface area contributed by atoms with Crippen molar-refractivity contribution < 1.29 is 4.79 Å². The normalized spacial score (nSPS) is 16.9. The Morgan fingerprint density at radius 2 is 2.04 bits per heavy atom. The Balaban J connectivity index is 1.57. The van der Waals surface area contributed by atoms with Crippen molar-refractivity contribution in [2.75, 3.05) is 6.54 Å². The van der Waals surface area contributed by atoms with Gasteiger partial charge in [0, 0.05) is 19.2 Å². The maximum atomic E-state index is 13.2. The van der Waals surface area contributed by atoms with Gasteiger partial charge in [0.25, 0.3) is 11.5 Å². The first-order valence-corrected chi connectivity index (χ1v) is 9.33. The topological polar surface area (TPSA) is 83.9 Å². The highest BCUT2D eigenvalue weighted by atomic mass is 16.2. The Hall–Kier alpha value is -3.48. The van der Waals surface area contributed by atoms with Crippen molar-refractivity contribution in [3.63, 3.8) is 0 Å². The van der Waals surface area contributed by atoms with Crippen LogP contribution in [0.2, 0.25) is 0 Å². The molecule has 2 aromatic carbocycles. The number of imidazole rings is 1. The number of H-pyrrole nitrogens is 1. The van der Waals surface area contributed by atoms with E-state index in [1.165, 1.54) is 0 Å². The first kappa shape index (κ1) is 16.7. The van der Waals surface area contributed by atoms with Crippen LogP contribution in [0.25, 0.3) is 21.9 Å². The van der Waals surface area contributed by atoms with Gasteiger partial charge in [0.15, 0.2) is 0 Å². The van der Waals surface area contributed by atoms with Gasteiger partial charge in [0.1, 0.15) is 5.82 Å². The number of hydrogen-bond acceptors (Lipinski definition) is 4. The smallest absolute Gasteiger partial charge is 0.261 e. The fraction of sp³-hybridized carbons (Fsp3) is 0.238. The van der Waals surface area contributed by atoms with E-state index in [-0.39, 0.29) is 17.5 Å². The summed E-state index contributed by atoms with van der Waals surface area (Å²) in [5.41, 5.74) is 2.85. The van der Waals surface area contributed by atoms with Gasteiger partial charge in [-0.15, -0.1) is 0 Å². The van der Waals surface area contributed by atoms with E-state index in [1.54, 1.807) is 30.1 Å². The van der Waals surface area contributed by atoms with E-state index in [9.17, 15) is 9.59 Å². The van der Waals surface area contributed by atoms with Crippen LogP contribution in [0.5, 0.6) is 0 Å². The highest BCUT2D eigenvalue weighted by molar-refractivity contribution is 5.97. The third-order valence-corrected chi connectivity index (χ3v) is 5.50. The number of para-hydroxylation sites is 1. The first-order chi connectivity index (χ1) is 13.6. The number of nitrogens with zero attached hydrogens (tertiary/aromatic N) is 4. The molecule has 1 amide bonds. The third-order valence-electron chi connectivity index (χ3n) is 5.50. The van der Waals surface area contributed by atoms with E-state index in [1.807, 2.05) is 35.2 Å². The number of rotatable bonds is 2. The molecule has 0 spiro atoms. The Morgan fingerprint density at radius 1 is 1.18 bits per heavy atom. The van der Waals surface area contributed by atoms with Crippen molar-refractivity contribution >= 4 is 27.8 Å². The molecule has 1 aliphatic rings. The fourth-order valence-corrected chi connectivity index (χ4v) is 4.05. The van der Waals surface area contributed by atoms with E-state index >= 15 is 0 Å². The molecular formula is C21H19N5O2. The molecule has 7 nitrogen and oxygen atoms in total. The summed E-state index contributed by atoms with van der Waals surface area (Å²) in [4.78, 5) is 39.8. The maximum absolute atomic E-state index is 13.2. The number of aromatic amines is 1. The Labute approximate surface area is 160 Å². The molecule has 3 heterocycles. The summed E-state index contributed by atoms with van der Waals surface area (Å²) in [6.45, 7) is 0.646. The van der Waals surface area contributed by atoms with Crippen LogP contribution in [0.15, 0.2) is 53.6 Å². The van der Waals surface area contributed by atoms with Gasteiger partial charge in [0.2, 0.25) is 0 Å². The summed E-state index contributed by atoms with van der Waals surface area (Å²) in [7, 11) is 1.73. The van der Waals surface area contributed by atoms with E-state index < -0.39 is 0 Å². The van der Waals surface area contributed by atoms with E-state index in [0.29, 0.717) is 28.8 Å². The van der Waals surface area contributed by atoms with Crippen LogP contribution in [0.3, 0.4) is 0 Å². The Bertz CT molecular complexity index is 1270. The summed E-state index contributed by atoms with van der Waals surface area (Å²) < 4.78 is 1.58. The van der Waals surface area contributed by atoms with Gasteiger partial charge < -0.3 is 9.88 Å². The Kier molecular flexibility index (Phi) is 3.75. The molecule has 28 heavy (non-hydrogen) atoms. The quantitative estimate of drug-likeness (QED) is 0.586. The first-order valence-electron chi connectivity index (χ1n) is 9.33. The second kappa shape index (κ2) is 6.30. The second-order valence-corrected chi connectivity index (χ2v) is 7.14. The molecule has 0 aliphatic carbocycles. The summed E-state index contributed by atoms with van der Waals surface area (Å²) in [6, 6.07) is 12.6. The number of carbonyl (C=O) groups excluding carboxylic acids is 1. The predicted octanol–water partition coefficient (Wildman–Crippen LogP) is 2.79. The van der Waals surface area contributed by atoms with Gasteiger partial charge in [-0.1, -0.05) is 12.1 Å². The molecule has 5 rings (SSSR count). The highest BCUT2D eigenvalue weighted by Gasteiger charge is 2.33. The molecule has 1 fully saturated rings. The number of fused-ring (bicyclic) bond motifs is 2. The molecule has 1 aliphatic heterocycles. The lowest BCUT2D eigenvalue weighted by molar-refractivity contribution is 0.0727. The van der Waals surface area contributed by atoms with Gasteiger partial charge in [-0.25, -0.2) is 9.97 Å². The lowest BCUT2D eigenvalue weighted by Gasteiger charge is -2.26. The maximum Gasteiger partial charge on any atom is 0.261 e. The van der Waals surface area contributed by atoms with Crippen molar-refractivity contribution in [1.29, 1.82) is 0 Å². The van der Waals surface area contributed by atoms with Gasteiger partial charge in [-0.2, -0.15) is 0 Å². The number of carbonyl (C=O) groups is 1. The number of amides is 1. The van der Waals surface area contributed by atoms with Gasteiger partial charge in [-0.3, -0.25) is 14.2 Å². The standard InChI is InChI=1S/C21H19N5O2/c1-25-19(24-15-6-3-2-5-14(15)21(25)28)18-7-4-10-26(18)20(27)13-8-9-16-17(11-13)23-12-22-16/h2-3,5-6,8-9,11-12,18H,4,7,10H2,1H3,(H,22,23). The molecule has 0 saturated carbocycles. The molecule has 1 N–H and O–H groups in total. The van der Waals surface area contributed by atoms with Crippen LogP contribution in [0.1, 0.15) is 35.1 Å². The van der Waals surface area contributed by atoms with Gasteiger partial charge in [-0.05, 0) is 43.2 Å². The molecule has 1 unspecified atom stereocenters. The molecular weight excluding hydrogens is 354 g/mol. The largest absolute Gasteiger partial charge is 0.345 e. The molecule has 7 heteroatoms. The van der Waals surface area contributed by atoms with Crippen LogP contribution in [0.4, 0.5) is 0 Å². The van der Waals surface area contributed by atoms with E-state index in [2.05, 4.69) is 9.97 Å². The van der Waals surface area contributed by atoms with Crippen molar-refractivity contribution in [2.45, 2.75) is 18.9 Å². The minimum Gasteiger partial charge on any atom is -0.345 e. The highest BCUT2D eigenvalue weighted by Crippen LogP contribution is 2.32. The van der Waals surface area contributed by atoms with Crippen molar-refractivity contribution in [3.05, 3.63) is 70.5 Å². The number of benzene rings is 2. The molecule has 0 bridgehead atoms. The van der Waals surface area contributed by atoms with Crippen molar-refractivity contribution in [1.82, 2.24) is 24.4 Å². The number of likely N-dealkylation sites (tertiary alicyclic amines) is 1. The summed E-state index contributed by atoms with van der Waals surface area (Å²) in [5.74, 6) is 0.582. The van der Waals surface area contributed by atoms with Crippen LogP contribution < -0.4 is 5.56 Å². The Morgan fingerprint density at radius 3 is 2.93 bits per heavy atom. The molecule has 0 radical (unpaired) electrons. The van der Waals surface area contributed by atoms with Crippen molar-refractivity contribution in [3.8, 4) is 0 Å².